The lowest BCUT2D eigenvalue weighted by atomic mass is 9.78. The van der Waals surface area contributed by atoms with E-state index in [0.29, 0.717) is 29.9 Å². The topological polar surface area (TPSA) is 85.9 Å². The third-order valence-electron chi connectivity index (χ3n) is 6.67. The summed E-state index contributed by atoms with van der Waals surface area (Å²) in [6.07, 6.45) is 1.10. The van der Waals surface area contributed by atoms with Crippen LogP contribution in [0, 0.1) is 0 Å². The third kappa shape index (κ3) is 4.52. The van der Waals surface area contributed by atoms with Crippen LogP contribution < -0.4 is 24.8 Å². The number of methoxy groups -OCH3 is 2. The molecule has 0 unspecified atom stereocenters. The second-order valence-corrected chi connectivity index (χ2v) is 8.95. The summed E-state index contributed by atoms with van der Waals surface area (Å²) < 4.78 is 16.1. The lowest BCUT2D eigenvalue weighted by Gasteiger charge is -2.30. The molecule has 184 valence electrons. The van der Waals surface area contributed by atoms with Crippen molar-refractivity contribution in [2.45, 2.75) is 31.7 Å². The molecule has 2 aliphatic rings. The van der Waals surface area contributed by atoms with Gasteiger partial charge in [-0.2, -0.15) is 0 Å². The highest BCUT2D eigenvalue weighted by Crippen LogP contribution is 2.45. The Morgan fingerprint density at radius 3 is 2.28 bits per heavy atom. The van der Waals surface area contributed by atoms with E-state index in [1.807, 2.05) is 60.7 Å². The Morgan fingerprint density at radius 1 is 0.861 bits per heavy atom. The Balaban J connectivity index is 1.57. The number of carbonyl (C=O) groups excluding carboxylic acids is 2. The molecule has 0 bridgehead atoms. The molecule has 0 fully saturated rings. The van der Waals surface area contributed by atoms with Crippen molar-refractivity contribution in [3.63, 3.8) is 0 Å². The molecule has 1 aliphatic carbocycles. The number of benzene rings is 3. The van der Waals surface area contributed by atoms with E-state index >= 15 is 0 Å². The van der Waals surface area contributed by atoms with Crippen LogP contribution in [0.5, 0.6) is 17.2 Å². The van der Waals surface area contributed by atoms with Gasteiger partial charge in [-0.15, -0.1) is 0 Å². The van der Waals surface area contributed by atoms with E-state index in [4.69, 9.17) is 14.2 Å². The number of ether oxygens (including phenoxy) is 3. The summed E-state index contributed by atoms with van der Waals surface area (Å²) >= 11 is 0. The van der Waals surface area contributed by atoms with Gasteiger partial charge in [-0.3, -0.25) is 9.59 Å². The second kappa shape index (κ2) is 9.77. The number of fused-ring (bicyclic) bond motifs is 1. The first-order valence-electron chi connectivity index (χ1n) is 11.9. The highest BCUT2D eigenvalue weighted by molar-refractivity contribution is 6.01. The van der Waals surface area contributed by atoms with Crippen LogP contribution in [0.25, 0.3) is 0 Å². The minimum atomic E-state index is -0.427. The summed E-state index contributed by atoms with van der Waals surface area (Å²) in [5.41, 5.74) is 5.36. The van der Waals surface area contributed by atoms with Crippen molar-refractivity contribution in [1.82, 2.24) is 0 Å². The number of Topliss-reactive ketones (excluding diaryl/α,β-unsaturated/α-hetero) is 1. The van der Waals surface area contributed by atoms with E-state index < -0.39 is 12.0 Å². The minimum Gasteiger partial charge on any atom is -0.497 e. The lowest BCUT2D eigenvalue weighted by molar-refractivity contribution is -0.132. The minimum absolute atomic E-state index is 0.0569. The van der Waals surface area contributed by atoms with Crippen LogP contribution in [-0.4, -0.2) is 26.0 Å². The molecule has 0 aromatic heterocycles. The molecule has 0 spiro atoms. The van der Waals surface area contributed by atoms with Crippen LogP contribution in [-0.2, 0) is 9.59 Å². The number of ketones is 1. The first-order valence-corrected chi connectivity index (χ1v) is 11.9. The standard InChI is InChI=1S/C29H28N2O5/c1-17(32)36-26-13-10-19(16-27(26)35-3)29-28-24(30-22-6-4-5-7-23(22)31-29)14-20(15-25(28)33)18-8-11-21(34-2)12-9-18/h4-13,16,20,29-31H,14-15H2,1-3H3/t20-,29-/m0/s1. The molecule has 1 heterocycles. The average Bonchev–Trinajstić information content (AvgIpc) is 3.05. The van der Waals surface area contributed by atoms with Gasteiger partial charge in [0.1, 0.15) is 5.75 Å². The van der Waals surface area contributed by atoms with E-state index in [-0.39, 0.29) is 11.7 Å². The maximum atomic E-state index is 13.7. The van der Waals surface area contributed by atoms with E-state index in [0.717, 1.165) is 33.9 Å². The molecule has 0 saturated heterocycles. The van der Waals surface area contributed by atoms with Gasteiger partial charge < -0.3 is 24.8 Å². The predicted molar refractivity (Wildman–Crippen MR) is 138 cm³/mol. The molecule has 7 heteroatoms. The Kier molecular flexibility index (Phi) is 6.38. The summed E-state index contributed by atoms with van der Waals surface area (Å²) in [6, 6.07) is 20.8. The lowest BCUT2D eigenvalue weighted by Crippen LogP contribution is -2.27. The summed E-state index contributed by atoms with van der Waals surface area (Å²) in [5, 5.41) is 7.12. The van der Waals surface area contributed by atoms with Gasteiger partial charge in [0.05, 0.1) is 31.6 Å². The molecule has 3 aromatic carbocycles. The zero-order valence-corrected chi connectivity index (χ0v) is 20.5. The smallest absolute Gasteiger partial charge is 0.308 e. The van der Waals surface area contributed by atoms with Gasteiger partial charge >= 0.3 is 5.97 Å². The number of allylic oxidation sites excluding steroid dienone is 1. The maximum absolute atomic E-state index is 13.7. The van der Waals surface area contributed by atoms with Gasteiger partial charge in [0.15, 0.2) is 17.3 Å². The van der Waals surface area contributed by atoms with Gasteiger partial charge in [0.25, 0.3) is 0 Å². The maximum Gasteiger partial charge on any atom is 0.308 e. The van der Waals surface area contributed by atoms with E-state index in [2.05, 4.69) is 10.6 Å². The molecule has 36 heavy (non-hydrogen) atoms. The van der Waals surface area contributed by atoms with Crippen LogP contribution in [0.3, 0.4) is 0 Å². The molecule has 0 amide bonds. The van der Waals surface area contributed by atoms with E-state index in [9.17, 15) is 9.59 Å². The normalized spacial score (nSPS) is 18.7. The number of anilines is 2. The molecule has 0 saturated carbocycles. The SMILES string of the molecule is COc1ccc([C@@H]2CC(=O)C3=C(C2)Nc2ccccc2N[C@H]3c2ccc(OC(C)=O)c(OC)c2)cc1. The molecule has 2 atom stereocenters. The first-order chi connectivity index (χ1) is 17.5. The van der Waals surface area contributed by atoms with Crippen molar-refractivity contribution in [1.29, 1.82) is 0 Å². The molecule has 1 aliphatic heterocycles. The van der Waals surface area contributed by atoms with Crippen LogP contribution >= 0.6 is 0 Å². The molecule has 7 nitrogen and oxygen atoms in total. The Labute approximate surface area is 210 Å². The van der Waals surface area contributed by atoms with Crippen molar-refractivity contribution in [3.05, 3.63) is 89.1 Å². The number of carbonyl (C=O) groups is 2. The average molecular weight is 485 g/mol. The number of hydrogen-bond acceptors (Lipinski definition) is 7. The van der Waals surface area contributed by atoms with Crippen LogP contribution in [0.4, 0.5) is 11.4 Å². The van der Waals surface area contributed by atoms with Gasteiger partial charge in [-0.25, -0.2) is 0 Å². The van der Waals surface area contributed by atoms with Crippen molar-refractivity contribution in [2.75, 3.05) is 24.9 Å². The van der Waals surface area contributed by atoms with Crippen LogP contribution in [0.15, 0.2) is 78.0 Å². The fourth-order valence-corrected chi connectivity index (χ4v) is 4.96. The van der Waals surface area contributed by atoms with Crippen LogP contribution in [0.2, 0.25) is 0 Å². The number of esters is 1. The van der Waals surface area contributed by atoms with Crippen LogP contribution in [0.1, 0.15) is 42.9 Å². The zero-order chi connectivity index (χ0) is 25.2. The number of hydrogen-bond donors (Lipinski definition) is 2. The summed E-state index contributed by atoms with van der Waals surface area (Å²) in [6.45, 7) is 1.35. The van der Waals surface area contributed by atoms with Gasteiger partial charge in [0, 0.05) is 24.6 Å². The van der Waals surface area contributed by atoms with Crippen molar-refractivity contribution >= 4 is 23.1 Å². The zero-order valence-electron chi connectivity index (χ0n) is 20.5. The fraction of sp³-hybridized carbons (Fsp3) is 0.241. The summed E-state index contributed by atoms with van der Waals surface area (Å²) in [5.74, 6) is 1.27. The summed E-state index contributed by atoms with van der Waals surface area (Å²) in [4.78, 5) is 25.2. The van der Waals surface area contributed by atoms with Gasteiger partial charge in [-0.05, 0) is 59.9 Å². The highest BCUT2D eigenvalue weighted by atomic mass is 16.6. The second-order valence-electron chi connectivity index (χ2n) is 8.95. The van der Waals surface area contributed by atoms with E-state index in [1.54, 1.807) is 13.2 Å². The number of nitrogens with one attached hydrogen (secondary N) is 2. The quantitative estimate of drug-likeness (QED) is 0.360. The predicted octanol–water partition coefficient (Wildman–Crippen LogP) is 5.61. The Morgan fingerprint density at radius 2 is 1.58 bits per heavy atom. The monoisotopic (exact) mass is 484 g/mol. The van der Waals surface area contributed by atoms with Crippen molar-refractivity contribution in [3.8, 4) is 17.2 Å². The van der Waals surface area contributed by atoms with Crippen molar-refractivity contribution in [2.24, 2.45) is 0 Å². The molecular weight excluding hydrogens is 456 g/mol. The first kappa shape index (κ1) is 23.5. The van der Waals surface area contributed by atoms with Gasteiger partial charge in [-0.1, -0.05) is 30.3 Å². The van der Waals surface area contributed by atoms with E-state index in [1.165, 1.54) is 14.0 Å². The van der Waals surface area contributed by atoms with Crippen molar-refractivity contribution < 1.29 is 23.8 Å². The molecule has 3 aromatic rings. The number of rotatable bonds is 5. The third-order valence-corrected chi connectivity index (χ3v) is 6.67. The Bertz CT molecular complexity index is 1350. The molecule has 5 rings (SSSR count). The molecule has 0 radical (unpaired) electrons. The number of para-hydroxylation sites is 2. The molecular formula is C29H28N2O5. The largest absolute Gasteiger partial charge is 0.497 e. The molecule has 2 N–H and O–H groups in total. The summed E-state index contributed by atoms with van der Waals surface area (Å²) in [7, 11) is 3.17. The highest BCUT2D eigenvalue weighted by Gasteiger charge is 2.36. The Hall–Kier alpha value is -4.26. The fourth-order valence-electron chi connectivity index (χ4n) is 4.96. The van der Waals surface area contributed by atoms with Gasteiger partial charge in [0.2, 0.25) is 0 Å².